The van der Waals surface area contributed by atoms with Gasteiger partial charge in [0.2, 0.25) is 0 Å². The Balaban J connectivity index is 1.89. The van der Waals surface area contributed by atoms with E-state index in [1.165, 1.54) is 6.07 Å². The van der Waals surface area contributed by atoms with Gasteiger partial charge in [-0.2, -0.15) is 0 Å². The normalized spacial score (nSPS) is 11.0. The van der Waals surface area contributed by atoms with Crippen molar-refractivity contribution in [3.63, 3.8) is 0 Å². The lowest BCUT2D eigenvalue weighted by molar-refractivity contribution is 0.0985. The molecule has 1 heterocycles. The van der Waals surface area contributed by atoms with E-state index in [2.05, 4.69) is 0 Å². The first-order valence-electron chi connectivity index (χ1n) is 7.64. The monoisotopic (exact) mass is 310 g/mol. The van der Waals surface area contributed by atoms with E-state index in [1.807, 2.05) is 37.3 Å². The van der Waals surface area contributed by atoms with Crippen molar-refractivity contribution in [3.05, 3.63) is 59.4 Å². The summed E-state index contributed by atoms with van der Waals surface area (Å²) >= 11 is 0. The predicted octanol–water partition coefficient (Wildman–Crippen LogP) is 4.22. The number of furan rings is 1. The molecule has 118 valence electrons. The molecule has 0 aliphatic carbocycles. The molecule has 2 N–H and O–H groups in total. The van der Waals surface area contributed by atoms with Crippen LogP contribution in [0.5, 0.6) is 11.5 Å². The fourth-order valence-electron chi connectivity index (χ4n) is 2.69. The fraction of sp³-hybridized carbons (Fsp3) is 0.211. The van der Waals surface area contributed by atoms with E-state index in [9.17, 15) is 15.0 Å². The van der Waals surface area contributed by atoms with Gasteiger partial charge in [0.15, 0.2) is 5.78 Å². The van der Waals surface area contributed by atoms with E-state index in [0.717, 1.165) is 17.4 Å². The van der Waals surface area contributed by atoms with Crippen molar-refractivity contribution in [1.29, 1.82) is 0 Å². The van der Waals surface area contributed by atoms with Gasteiger partial charge in [0, 0.05) is 11.5 Å². The number of carbonyl (C=O) groups is 1. The van der Waals surface area contributed by atoms with Crippen LogP contribution in [-0.4, -0.2) is 16.0 Å². The molecule has 0 radical (unpaired) electrons. The number of hydrogen-bond donors (Lipinski definition) is 2. The van der Waals surface area contributed by atoms with E-state index in [0.29, 0.717) is 17.7 Å². The molecule has 0 amide bonds. The first-order valence-corrected chi connectivity index (χ1v) is 7.64. The second-order valence-electron chi connectivity index (χ2n) is 5.60. The Kier molecular flexibility index (Phi) is 4.06. The molecule has 0 aliphatic heterocycles. The topological polar surface area (TPSA) is 70.7 Å². The molecule has 0 aliphatic rings. The fourth-order valence-corrected chi connectivity index (χ4v) is 2.69. The Labute approximate surface area is 134 Å². The second kappa shape index (κ2) is 6.16. The van der Waals surface area contributed by atoms with Crippen LogP contribution in [0, 0.1) is 0 Å². The number of phenolic OH excluding ortho intramolecular Hbond substituents is 2. The number of Topliss-reactive ketones (excluding diaryl/α,β-unsaturated/α-hetero) is 1. The number of phenols is 2. The van der Waals surface area contributed by atoms with Gasteiger partial charge in [0.1, 0.15) is 22.8 Å². The largest absolute Gasteiger partial charge is 0.508 e. The van der Waals surface area contributed by atoms with Crippen molar-refractivity contribution in [3.8, 4) is 11.5 Å². The Morgan fingerprint density at radius 3 is 2.61 bits per heavy atom. The Morgan fingerprint density at radius 2 is 1.87 bits per heavy atom. The molecule has 1 aromatic heterocycles. The van der Waals surface area contributed by atoms with Gasteiger partial charge < -0.3 is 14.6 Å². The zero-order valence-electron chi connectivity index (χ0n) is 12.9. The highest BCUT2D eigenvalue weighted by Gasteiger charge is 2.17. The number of aromatic hydroxyl groups is 2. The van der Waals surface area contributed by atoms with E-state index in [4.69, 9.17) is 4.42 Å². The number of ketones is 1. The summed E-state index contributed by atoms with van der Waals surface area (Å²) in [5, 5.41) is 20.7. The lowest BCUT2D eigenvalue weighted by atomic mass is 10.00. The number of carbonyl (C=O) groups excluding carboxylic acids is 1. The van der Waals surface area contributed by atoms with Gasteiger partial charge in [-0.15, -0.1) is 0 Å². The molecule has 23 heavy (non-hydrogen) atoms. The predicted molar refractivity (Wildman–Crippen MR) is 88.0 cm³/mol. The van der Waals surface area contributed by atoms with Gasteiger partial charge in [-0.3, -0.25) is 4.79 Å². The van der Waals surface area contributed by atoms with Crippen LogP contribution in [0.25, 0.3) is 11.0 Å². The molecule has 2 aromatic carbocycles. The van der Waals surface area contributed by atoms with E-state index < -0.39 is 0 Å². The smallest absolute Gasteiger partial charge is 0.174 e. The highest BCUT2D eigenvalue weighted by molar-refractivity contribution is 6.00. The van der Waals surface area contributed by atoms with Gasteiger partial charge in [0.05, 0.1) is 12.0 Å². The molecule has 0 spiro atoms. The molecule has 0 saturated heterocycles. The molecule has 4 heteroatoms. The maximum absolute atomic E-state index is 12.5. The summed E-state index contributed by atoms with van der Waals surface area (Å²) in [4.78, 5) is 12.5. The van der Waals surface area contributed by atoms with Crippen LogP contribution in [0.4, 0.5) is 0 Å². The summed E-state index contributed by atoms with van der Waals surface area (Å²) in [5.74, 6) is 0.132. The summed E-state index contributed by atoms with van der Waals surface area (Å²) in [6.45, 7) is 1.99. The van der Waals surface area contributed by atoms with Crippen molar-refractivity contribution >= 4 is 16.8 Å². The van der Waals surface area contributed by atoms with E-state index >= 15 is 0 Å². The highest BCUT2D eigenvalue weighted by Crippen LogP contribution is 2.30. The molecule has 0 fully saturated rings. The molecule has 3 rings (SSSR count). The minimum Gasteiger partial charge on any atom is -0.508 e. The summed E-state index contributed by atoms with van der Waals surface area (Å²) in [5.41, 5.74) is 1.61. The standard InChI is InChI=1S/C19H18O4/c1-2-5-12-9-15(18(22)11-16(12)20)17(21)10-14-8-13-6-3-4-7-19(13)23-14/h3-4,6-9,11,20,22H,2,5,10H2,1H3. The second-order valence-corrected chi connectivity index (χ2v) is 5.60. The summed E-state index contributed by atoms with van der Waals surface area (Å²) in [6.07, 6.45) is 1.56. The summed E-state index contributed by atoms with van der Waals surface area (Å²) in [7, 11) is 0. The zero-order valence-corrected chi connectivity index (χ0v) is 12.9. The maximum Gasteiger partial charge on any atom is 0.174 e. The van der Waals surface area contributed by atoms with Crippen LogP contribution in [0.3, 0.4) is 0 Å². The highest BCUT2D eigenvalue weighted by atomic mass is 16.3. The number of rotatable bonds is 5. The lowest BCUT2D eigenvalue weighted by Gasteiger charge is -2.08. The number of fused-ring (bicyclic) bond motifs is 1. The summed E-state index contributed by atoms with van der Waals surface area (Å²) < 4.78 is 5.65. The SMILES string of the molecule is CCCc1cc(C(=O)Cc2cc3ccccc3o2)c(O)cc1O. The average Bonchev–Trinajstić information content (AvgIpc) is 2.92. The number of para-hydroxylation sites is 1. The number of benzene rings is 2. The van der Waals surface area contributed by atoms with Crippen molar-refractivity contribution in [1.82, 2.24) is 0 Å². The number of hydrogen-bond acceptors (Lipinski definition) is 4. The molecule has 4 nitrogen and oxygen atoms in total. The molecular formula is C19H18O4. The summed E-state index contributed by atoms with van der Waals surface area (Å²) in [6, 6.07) is 12.2. The maximum atomic E-state index is 12.5. The molecule has 0 unspecified atom stereocenters. The van der Waals surface area contributed by atoms with Crippen molar-refractivity contribution in [2.45, 2.75) is 26.2 Å². The van der Waals surface area contributed by atoms with Crippen LogP contribution in [-0.2, 0) is 12.8 Å². The van der Waals surface area contributed by atoms with Crippen LogP contribution in [0.1, 0.15) is 35.0 Å². The third-order valence-corrected chi connectivity index (χ3v) is 3.83. The molecule has 3 aromatic rings. The van der Waals surface area contributed by atoms with Gasteiger partial charge in [0.25, 0.3) is 0 Å². The van der Waals surface area contributed by atoms with Gasteiger partial charge in [-0.05, 0) is 30.2 Å². The Bertz CT molecular complexity index is 828. The van der Waals surface area contributed by atoms with Crippen LogP contribution in [0.2, 0.25) is 0 Å². The van der Waals surface area contributed by atoms with Crippen molar-refractivity contribution in [2.24, 2.45) is 0 Å². The molecule has 0 saturated carbocycles. The third kappa shape index (κ3) is 3.06. The van der Waals surface area contributed by atoms with Crippen LogP contribution < -0.4 is 0 Å². The van der Waals surface area contributed by atoms with E-state index in [1.54, 1.807) is 6.07 Å². The van der Waals surface area contributed by atoms with Gasteiger partial charge >= 0.3 is 0 Å². The average molecular weight is 310 g/mol. The zero-order chi connectivity index (χ0) is 16.4. The lowest BCUT2D eigenvalue weighted by Crippen LogP contribution is -2.04. The minimum absolute atomic E-state index is 0.0182. The van der Waals surface area contributed by atoms with Gasteiger partial charge in [-0.25, -0.2) is 0 Å². The Morgan fingerprint density at radius 1 is 1.09 bits per heavy atom. The van der Waals surface area contributed by atoms with Crippen molar-refractivity contribution < 1.29 is 19.4 Å². The molecular weight excluding hydrogens is 292 g/mol. The third-order valence-electron chi connectivity index (χ3n) is 3.83. The van der Waals surface area contributed by atoms with E-state index in [-0.39, 0.29) is 29.3 Å². The number of aryl methyl sites for hydroxylation is 1. The molecule has 0 atom stereocenters. The van der Waals surface area contributed by atoms with Crippen molar-refractivity contribution in [2.75, 3.05) is 0 Å². The molecule has 0 bridgehead atoms. The van der Waals surface area contributed by atoms with Crippen LogP contribution in [0.15, 0.2) is 46.9 Å². The minimum atomic E-state index is -0.237. The van der Waals surface area contributed by atoms with Crippen LogP contribution >= 0.6 is 0 Å². The van der Waals surface area contributed by atoms with Gasteiger partial charge in [-0.1, -0.05) is 31.5 Å². The Hall–Kier alpha value is -2.75. The first-order chi connectivity index (χ1) is 11.1. The quantitative estimate of drug-likeness (QED) is 0.692. The first kappa shape index (κ1) is 15.2.